The molecule has 2 aromatic carbocycles. The Bertz CT molecular complexity index is 677. The number of nitrogens with two attached hydrogens (primary N) is 1. The Kier molecular flexibility index (Phi) is 8.22. The van der Waals surface area contributed by atoms with Gasteiger partial charge in [0.05, 0.1) is 6.21 Å². The van der Waals surface area contributed by atoms with Gasteiger partial charge in [-0.2, -0.15) is 5.10 Å². The van der Waals surface area contributed by atoms with Gasteiger partial charge < -0.3 is 5.73 Å². The van der Waals surface area contributed by atoms with Crippen LogP contribution in [0.25, 0.3) is 0 Å². The van der Waals surface area contributed by atoms with Crippen molar-refractivity contribution in [3.05, 3.63) is 71.3 Å². The Labute approximate surface area is 154 Å². The molecule has 0 heterocycles. The molecule has 2 aromatic rings. The molecule has 0 radical (unpaired) electrons. The average molecular weight is 355 g/mol. The van der Waals surface area contributed by atoms with Crippen molar-refractivity contribution in [2.75, 3.05) is 13.1 Å². The summed E-state index contributed by atoms with van der Waals surface area (Å²) in [4.78, 5) is 2.39. The molecule has 0 atom stereocenters. The summed E-state index contributed by atoms with van der Waals surface area (Å²) in [6.07, 6.45) is 1.73. The van der Waals surface area contributed by atoms with E-state index in [4.69, 9.17) is 5.73 Å². The van der Waals surface area contributed by atoms with Crippen molar-refractivity contribution in [1.29, 1.82) is 0 Å². The van der Waals surface area contributed by atoms with Crippen LogP contribution >= 0.6 is 11.8 Å². The summed E-state index contributed by atoms with van der Waals surface area (Å²) in [6.45, 7) is 7.47. The smallest absolute Gasteiger partial charge is 0.180 e. The first-order chi connectivity index (χ1) is 12.2. The van der Waals surface area contributed by atoms with Crippen LogP contribution in [0, 0.1) is 0 Å². The Morgan fingerprint density at radius 3 is 2.32 bits per heavy atom. The largest absolute Gasteiger partial charge is 0.377 e. The summed E-state index contributed by atoms with van der Waals surface area (Å²) in [5.74, 6) is 0.797. The third-order valence-corrected chi connectivity index (χ3v) is 4.73. The highest BCUT2D eigenvalue weighted by atomic mass is 32.2. The summed E-state index contributed by atoms with van der Waals surface area (Å²) in [7, 11) is 0. The molecule has 5 heteroatoms. The van der Waals surface area contributed by atoms with Crippen LogP contribution in [0.3, 0.4) is 0 Å². The van der Waals surface area contributed by atoms with E-state index in [-0.39, 0.29) is 0 Å². The van der Waals surface area contributed by atoms with Gasteiger partial charge in [0.25, 0.3) is 0 Å². The maximum atomic E-state index is 5.89. The van der Waals surface area contributed by atoms with Crippen LogP contribution in [0.15, 0.2) is 64.8 Å². The number of amidine groups is 1. The molecule has 0 amide bonds. The van der Waals surface area contributed by atoms with Gasteiger partial charge in [0.2, 0.25) is 0 Å². The van der Waals surface area contributed by atoms with Gasteiger partial charge in [-0.15, -0.1) is 5.10 Å². The second kappa shape index (κ2) is 10.7. The molecule has 132 valence electrons. The van der Waals surface area contributed by atoms with Gasteiger partial charge in [-0.1, -0.05) is 80.2 Å². The molecule has 2 N–H and O–H groups in total. The maximum absolute atomic E-state index is 5.89. The number of thioether (sulfide) groups is 1. The molecule has 0 aromatic heterocycles. The predicted molar refractivity (Wildman–Crippen MR) is 110 cm³/mol. The average Bonchev–Trinajstić information content (AvgIpc) is 2.66. The fraction of sp³-hybridized carbons (Fsp3) is 0.300. The van der Waals surface area contributed by atoms with Gasteiger partial charge in [-0.05, 0) is 29.8 Å². The molecule has 2 rings (SSSR count). The minimum absolute atomic E-state index is 0.471. The van der Waals surface area contributed by atoms with Crippen molar-refractivity contribution in [3.8, 4) is 0 Å². The summed E-state index contributed by atoms with van der Waals surface area (Å²) < 4.78 is 0. The quantitative estimate of drug-likeness (QED) is 0.441. The van der Waals surface area contributed by atoms with Gasteiger partial charge >= 0.3 is 0 Å². The van der Waals surface area contributed by atoms with Crippen molar-refractivity contribution in [2.45, 2.75) is 26.1 Å². The zero-order valence-corrected chi connectivity index (χ0v) is 15.7. The van der Waals surface area contributed by atoms with Crippen LogP contribution in [0.4, 0.5) is 0 Å². The Morgan fingerprint density at radius 1 is 1.00 bits per heavy atom. The third kappa shape index (κ3) is 7.11. The number of rotatable bonds is 8. The number of hydrogen-bond acceptors (Lipinski definition) is 4. The molecule has 0 saturated heterocycles. The predicted octanol–water partition coefficient (Wildman–Crippen LogP) is 4.11. The van der Waals surface area contributed by atoms with E-state index in [0.29, 0.717) is 5.17 Å². The molecule has 4 nitrogen and oxygen atoms in total. The van der Waals surface area contributed by atoms with E-state index >= 15 is 0 Å². The molecule has 25 heavy (non-hydrogen) atoms. The van der Waals surface area contributed by atoms with Crippen LogP contribution in [-0.4, -0.2) is 29.4 Å². The first-order valence-corrected chi connectivity index (χ1v) is 9.54. The maximum Gasteiger partial charge on any atom is 0.180 e. The van der Waals surface area contributed by atoms with E-state index in [1.807, 2.05) is 18.2 Å². The molecule has 0 bridgehead atoms. The first-order valence-electron chi connectivity index (χ1n) is 8.55. The number of benzene rings is 2. The van der Waals surface area contributed by atoms with Crippen LogP contribution in [0.1, 0.15) is 30.5 Å². The Balaban J connectivity index is 1.84. The molecular formula is C20H26N4S. The van der Waals surface area contributed by atoms with Gasteiger partial charge in [0.1, 0.15) is 0 Å². The van der Waals surface area contributed by atoms with Crippen molar-refractivity contribution >= 4 is 23.1 Å². The van der Waals surface area contributed by atoms with E-state index in [1.165, 1.54) is 22.9 Å². The highest BCUT2D eigenvalue weighted by molar-refractivity contribution is 8.13. The van der Waals surface area contributed by atoms with E-state index in [2.05, 4.69) is 65.3 Å². The van der Waals surface area contributed by atoms with E-state index in [9.17, 15) is 0 Å². The SMILES string of the molecule is CCN(CC)Cc1ccc(C=NN=C(N)SCc2ccccc2)cc1. The Morgan fingerprint density at radius 2 is 1.68 bits per heavy atom. The highest BCUT2D eigenvalue weighted by Gasteiger charge is 2.00. The lowest BCUT2D eigenvalue weighted by Gasteiger charge is -2.17. The third-order valence-electron chi connectivity index (χ3n) is 3.87. The minimum atomic E-state index is 0.471. The lowest BCUT2D eigenvalue weighted by atomic mass is 10.1. The molecule has 0 aliphatic heterocycles. The van der Waals surface area contributed by atoms with Gasteiger partial charge in [-0.3, -0.25) is 4.90 Å². The van der Waals surface area contributed by atoms with Crippen molar-refractivity contribution in [2.24, 2.45) is 15.9 Å². The lowest BCUT2D eigenvalue weighted by Crippen LogP contribution is -2.21. The summed E-state index contributed by atoms with van der Waals surface area (Å²) in [5, 5.41) is 8.60. The highest BCUT2D eigenvalue weighted by Crippen LogP contribution is 2.11. The molecule has 0 saturated carbocycles. The van der Waals surface area contributed by atoms with E-state index in [1.54, 1.807) is 6.21 Å². The molecule has 0 aliphatic carbocycles. The molecule has 0 spiro atoms. The normalized spacial score (nSPS) is 12.2. The summed E-state index contributed by atoms with van der Waals surface area (Å²) in [5.41, 5.74) is 9.44. The lowest BCUT2D eigenvalue weighted by molar-refractivity contribution is 0.296. The number of hydrogen-bond donors (Lipinski definition) is 1. The fourth-order valence-corrected chi connectivity index (χ4v) is 2.94. The molecule has 0 aliphatic rings. The zero-order chi connectivity index (χ0) is 17.9. The molecular weight excluding hydrogens is 328 g/mol. The van der Waals surface area contributed by atoms with Crippen molar-refractivity contribution in [1.82, 2.24) is 4.90 Å². The van der Waals surface area contributed by atoms with Crippen LogP contribution in [-0.2, 0) is 12.3 Å². The fourth-order valence-electron chi connectivity index (χ4n) is 2.33. The van der Waals surface area contributed by atoms with Gasteiger partial charge in [0, 0.05) is 12.3 Å². The van der Waals surface area contributed by atoms with Gasteiger partial charge in [-0.25, -0.2) is 0 Å². The summed E-state index contributed by atoms with van der Waals surface area (Å²) >= 11 is 1.49. The van der Waals surface area contributed by atoms with E-state index < -0.39 is 0 Å². The van der Waals surface area contributed by atoms with Crippen molar-refractivity contribution < 1.29 is 0 Å². The number of nitrogens with zero attached hydrogens (tertiary/aromatic N) is 3. The van der Waals surface area contributed by atoms with Crippen LogP contribution in [0.2, 0.25) is 0 Å². The Hall–Kier alpha value is -2.11. The van der Waals surface area contributed by atoms with Crippen LogP contribution in [0.5, 0.6) is 0 Å². The summed E-state index contributed by atoms with van der Waals surface area (Å²) in [6, 6.07) is 18.6. The standard InChI is InChI=1S/C20H26N4S/c1-3-24(4-2)15-18-12-10-17(11-13-18)14-22-23-20(21)25-16-19-8-6-5-7-9-19/h5-14H,3-4,15-16H2,1-2H3,(H2,21,23). The topological polar surface area (TPSA) is 54.0 Å². The zero-order valence-electron chi connectivity index (χ0n) is 14.9. The first kappa shape index (κ1) is 19.2. The molecule has 0 fully saturated rings. The van der Waals surface area contributed by atoms with Crippen molar-refractivity contribution in [3.63, 3.8) is 0 Å². The minimum Gasteiger partial charge on any atom is -0.377 e. The molecule has 0 unspecified atom stereocenters. The van der Waals surface area contributed by atoms with Crippen LogP contribution < -0.4 is 5.73 Å². The second-order valence-electron chi connectivity index (χ2n) is 5.66. The second-order valence-corrected chi connectivity index (χ2v) is 6.66. The van der Waals surface area contributed by atoms with Gasteiger partial charge in [0.15, 0.2) is 5.17 Å². The monoisotopic (exact) mass is 354 g/mol. The van der Waals surface area contributed by atoms with E-state index in [0.717, 1.165) is 31.0 Å².